The van der Waals surface area contributed by atoms with Crippen LogP contribution in [0.25, 0.3) is 0 Å². The lowest BCUT2D eigenvalue weighted by molar-refractivity contribution is -0.140. The molecule has 394 valence electrons. The average Bonchev–Trinajstić information content (AvgIpc) is 3.87. The second-order valence-corrected chi connectivity index (χ2v) is 20.2. The Morgan fingerprint density at radius 2 is 1.45 bits per heavy atom. The van der Waals surface area contributed by atoms with E-state index in [4.69, 9.17) is 21.9 Å². The van der Waals surface area contributed by atoms with E-state index in [1.807, 2.05) is 106 Å². The predicted molar refractivity (Wildman–Crippen MR) is 280 cm³/mol. The van der Waals surface area contributed by atoms with E-state index in [1.165, 1.54) is 0 Å². The summed E-state index contributed by atoms with van der Waals surface area (Å²) in [6, 6.07) is 20.5. The van der Waals surface area contributed by atoms with Crippen molar-refractivity contribution in [2.45, 2.75) is 111 Å². The van der Waals surface area contributed by atoms with E-state index in [0.29, 0.717) is 94.2 Å². The van der Waals surface area contributed by atoms with Crippen molar-refractivity contribution in [2.24, 2.45) is 23.7 Å². The minimum atomic E-state index is -1.01. The quantitative estimate of drug-likeness (QED) is 0.0343. The summed E-state index contributed by atoms with van der Waals surface area (Å²) in [5.41, 5.74) is 6.10. The number of imidazole rings is 1. The molecule has 3 heterocycles. The van der Waals surface area contributed by atoms with E-state index >= 15 is 0 Å². The third-order valence-corrected chi connectivity index (χ3v) is 13.4. The van der Waals surface area contributed by atoms with Crippen LogP contribution >= 0.6 is 12.2 Å². The van der Waals surface area contributed by atoms with Crippen LogP contribution in [0, 0.1) is 23.7 Å². The van der Waals surface area contributed by atoms with E-state index in [1.54, 1.807) is 22.3 Å². The molecule has 2 aromatic carbocycles. The minimum Gasteiger partial charge on any atom is -0.480 e. The molecule has 0 saturated heterocycles. The van der Waals surface area contributed by atoms with E-state index in [-0.39, 0.29) is 74.2 Å². The minimum absolute atomic E-state index is 0.0311. The molecule has 4 aromatic rings. The number of carboxylic acid groups (broad SMARTS) is 2. The van der Waals surface area contributed by atoms with Gasteiger partial charge >= 0.3 is 11.9 Å². The third-order valence-electron chi connectivity index (χ3n) is 13.2. The van der Waals surface area contributed by atoms with E-state index in [2.05, 4.69) is 25.9 Å². The number of nitrogens with one attached hydrogen (secondary N) is 4. The molecule has 73 heavy (non-hydrogen) atoms. The summed E-state index contributed by atoms with van der Waals surface area (Å²) in [6.07, 6.45) is 5.97. The maximum Gasteiger partial charge on any atom is 0.317 e. The molecule has 18 nitrogen and oxygen atoms in total. The Morgan fingerprint density at radius 1 is 0.836 bits per heavy atom. The number of aromatic amines is 1. The standard InChI is InChI=1S/C54H73N9O9S/c1-6-37(4)52(60-53(70)38(5)21-46-27-55-33-58-46)48(65)24-43(20-36(2)3)54(71)57-26-42-16-14-41(15-17-42)25-56-49(73)23-40-12-10-39(11-13-40)22-47-30-62(32-51(68)69)19-18-61(31-50(66)67)28-44-8-7-9-45(59-44)29-63(47)34-72-35-64/h7-17,27,33,35-38,43,47,52H,6,18-26,28-32,34H2,1-5H3,(H,55,58)(H,56,73)(H,57,71)(H,60,70)(H,66,67)(H,68,69)/t37?,38-,43+,47-,52-/m0/s1. The molecule has 0 aliphatic carbocycles. The van der Waals surface area contributed by atoms with Crippen molar-refractivity contribution in [3.05, 3.63) is 119 Å². The van der Waals surface area contributed by atoms with Gasteiger partial charge < -0.3 is 35.9 Å². The van der Waals surface area contributed by atoms with Crippen molar-refractivity contribution < 1.29 is 43.7 Å². The second-order valence-electron chi connectivity index (χ2n) is 19.7. The molecule has 0 spiro atoms. The summed E-state index contributed by atoms with van der Waals surface area (Å²) in [5, 5.41) is 28.8. The van der Waals surface area contributed by atoms with E-state index < -0.39 is 23.9 Å². The molecule has 0 radical (unpaired) electrons. The van der Waals surface area contributed by atoms with Crippen molar-refractivity contribution in [1.82, 2.24) is 45.6 Å². The number of carbonyl (C=O) groups excluding carboxylic acids is 4. The van der Waals surface area contributed by atoms with Crippen LogP contribution in [0.3, 0.4) is 0 Å². The largest absolute Gasteiger partial charge is 0.480 e. The number of hydrogen-bond donors (Lipinski definition) is 6. The van der Waals surface area contributed by atoms with Crippen LogP contribution in [0.4, 0.5) is 0 Å². The fraction of sp³-hybridized carbons (Fsp3) is 0.500. The van der Waals surface area contributed by atoms with E-state index in [0.717, 1.165) is 27.9 Å². The Hall–Kier alpha value is -6.41. The number of rotatable bonds is 27. The molecule has 6 N–H and O–H groups in total. The van der Waals surface area contributed by atoms with Gasteiger partial charge in [-0.3, -0.25) is 48.5 Å². The first-order valence-corrected chi connectivity index (χ1v) is 25.5. The summed E-state index contributed by atoms with van der Waals surface area (Å²) in [7, 11) is 0. The van der Waals surface area contributed by atoms with Crippen LogP contribution < -0.4 is 16.0 Å². The predicted octanol–water partition coefficient (Wildman–Crippen LogP) is 4.94. The lowest BCUT2D eigenvalue weighted by Gasteiger charge is -2.36. The number of nitrogens with zero attached hydrogens (tertiary/aromatic N) is 5. The molecular weight excluding hydrogens is 951 g/mol. The SMILES string of the molecule is CCC(C)[C@H](NC(=O)[C@@H](C)Cc1cnc[nH]1)C(=O)C[C@@H](CC(C)C)C(=O)NCc1ccc(CNC(=S)Cc2ccc(C[C@H]3CN(CC(=O)O)CCN(CC(=O)O)Cc4cccc(n4)CN3COC=O)cc2)cc1. The second kappa shape index (κ2) is 29.3. The number of pyridine rings is 1. The zero-order valence-electron chi connectivity index (χ0n) is 42.8. The van der Waals surface area contributed by atoms with Crippen molar-refractivity contribution in [3.8, 4) is 0 Å². The lowest BCUT2D eigenvalue weighted by Crippen LogP contribution is -2.49. The highest BCUT2D eigenvalue weighted by Crippen LogP contribution is 2.22. The number of Topliss-reactive ketones (excluding diaryl/α,β-unsaturated/α-hetero) is 1. The monoisotopic (exact) mass is 1020 g/mol. The van der Waals surface area contributed by atoms with Gasteiger partial charge in [-0.15, -0.1) is 0 Å². The normalized spacial score (nSPS) is 16.4. The number of aromatic nitrogens is 3. The molecule has 5 rings (SSSR count). The Balaban J connectivity index is 1.15. The first-order valence-electron chi connectivity index (χ1n) is 25.1. The van der Waals surface area contributed by atoms with Crippen molar-refractivity contribution in [3.63, 3.8) is 0 Å². The number of amides is 2. The Morgan fingerprint density at radius 3 is 2.07 bits per heavy atom. The topological polar surface area (TPSA) is 239 Å². The van der Waals surface area contributed by atoms with Gasteiger partial charge in [0.25, 0.3) is 6.47 Å². The number of benzene rings is 2. The molecule has 1 aliphatic heterocycles. The smallest absolute Gasteiger partial charge is 0.317 e. The number of carbonyl (C=O) groups is 6. The fourth-order valence-electron chi connectivity index (χ4n) is 9.00. The van der Waals surface area contributed by atoms with Gasteiger partial charge in [-0.25, -0.2) is 4.98 Å². The summed E-state index contributed by atoms with van der Waals surface area (Å²) in [4.78, 5) is 93.8. The van der Waals surface area contributed by atoms with Crippen LogP contribution in [-0.2, 0) is 78.9 Å². The number of H-pyrrole nitrogens is 1. The zero-order valence-corrected chi connectivity index (χ0v) is 43.6. The molecule has 1 aliphatic rings. The van der Waals surface area contributed by atoms with E-state index in [9.17, 15) is 39.0 Å². The molecule has 2 amide bonds. The Labute approximate surface area is 434 Å². The lowest BCUT2D eigenvalue weighted by atomic mass is 9.86. The molecule has 1 unspecified atom stereocenters. The van der Waals surface area contributed by atoms with Crippen LogP contribution in [0.1, 0.15) is 93.2 Å². The maximum atomic E-state index is 13.8. The number of thiocarbonyl (C=S) groups is 1. The molecule has 5 atom stereocenters. The molecule has 19 heteroatoms. The molecule has 2 bridgehead atoms. The van der Waals surface area contributed by atoms with Crippen molar-refractivity contribution in [1.29, 1.82) is 0 Å². The van der Waals surface area contributed by atoms with Gasteiger partial charge in [0.1, 0.15) is 6.73 Å². The molecule has 2 aromatic heterocycles. The zero-order chi connectivity index (χ0) is 52.9. The highest BCUT2D eigenvalue weighted by molar-refractivity contribution is 7.80. The number of hydrogen-bond acceptors (Lipinski definition) is 13. The van der Waals surface area contributed by atoms with Gasteiger partial charge in [0.2, 0.25) is 11.8 Å². The summed E-state index contributed by atoms with van der Waals surface area (Å²) < 4.78 is 5.28. The Bertz CT molecular complexity index is 2420. The fourth-order valence-corrected chi connectivity index (χ4v) is 9.24. The van der Waals surface area contributed by atoms with Crippen LogP contribution in [0.2, 0.25) is 0 Å². The Kier molecular flexibility index (Phi) is 23.1. The first kappa shape index (κ1) is 57.5. The van der Waals surface area contributed by atoms with Crippen LogP contribution in [0.5, 0.6) is 0 Å². The highest BCUT2D eigenvalue weighted by Gasteiger charge is 2.32. The van der Waals surface area contributed by atoms with Gasteiger partial charge in [-0.05, 0) is 59.1 Å². The number of fused-ring (bicyclic) bond motifs is 2. The van der Waals surface area contributed by atoms with Gasteiger partial charge in [0.05, 0.1) is 41.8 Å². The summed E-state index contributed by atoms with van der Waals surface area (Å²) in [5.74, 6) is -3.38. The first-order chi connectivity index (χ1) is 35.0. The highest BCUT2D eigenvalue weighted by atomic mass is 32.1. The average molecular weight is 1020 g/mol. The molecular formula is C54H73N9O9S. The summed E-state index contributed by atoms with van der Waals surface area (Å²) in [6.45, 7) is 12.0. The molecule has 0 saturated carbocycles. The van der Waals surface area contributed by atoms with Gasteiger partial charge in [0, 0.05) is 94.8 Å². The number of carboxylic acids is 2. The maximum absolute atomic E-state index is 13.8. The number of ketones is 1. The van der Waals surface area contributed by atoms with Gasteiger partial charge in [-0.1, -0.05) is 108 Å². The summed E-state index contributed by atoms with van der Waals surface area (Å²) >= 11 is 5.75. The van der Waals surface area contributed by atoms with Crippen molar-refractivity contribution in [2.75, 3.05) is 39.5 Å². The van der Waals surface area contributed by atoms with Crippen molar-refractivity contribution >= 4 is 53.2 Å². The number of aliphatic carboxylic acids is 2. The van der Waals surface area contributed by atoms with Gasteiger partial charge in [0.15, 0.2) is 5.78 Å². The number of ether oxygens (including phenoxy) is 1. The third kappa shape index (κ3) is 19.9. The van der Waals surface area contributed by atoms with Crippen LogP contribution in [0.15, 0.2) is 79.3 Å². The van der Waals surface area contributed by atoms with Crippen LogP contribution in [-0.4, -0.2) is 132 Å². The molecule has 0 fully saturated rings. The van der Waals surface area contributed by atoms with Gasteiger partial charge in [-0.2, -0.15) is 0 Å².